The lowest BCUT2D eigenvalue weighted by Crippen LogP contribution is -2.08. The average molecular weight is 244 g/mol. The fourth-order valence-electron chi connectivity index (χ4n) is 1.17. The standard InChI is InChI=1S/C12H11F3O2/c1-8(12(13,14)15)7-9-3-5-10(6-4-9)11(16)17-2/h3-7H,1-2H3. The summed E-state index contributed by atoms with van der Waals surface area (Å²) in [5.41, 5.74) is -0.00916. The van der Waals surface area contributed by atoms with Gasteiger partial charge in [0.1, 0.15) is 0 Å². The highest BCUT2D eigenvalue weighted by atomic mass is 19.4. The van der Waals surface area contributed by atoms with Gasteiger partial charge >= 0.3 is 12.1 Å². The molecule has 0 bridgehead atoms. The van der Waals surface area contributed by atoms with Gasteiger partial charge in [0.2, 0.25) is 0 Å². The van der Waals surface area contributed by atoms with Crippen LogP contribution in [-0.4, -0.2) is 19.3 Å². The van der Waals surface area contributed by atoms with Gasteiger partial charge in [0.15, 0.2) is 0 Å². The van der Waals surface area contributed by atoms with Crippen LogP contribution in [0.3, 0.4) is 0 Å². The van der Waals surface area contributed by atoms with E-state index in [4.69, 9.17) is 0 Å². The zero-order valence-electron chi connectivity index (χ0n) is 9.34. The Morgan fingerprint density at radius 3 is 2.18 bits per heavy atom. The first-order valence-electron chi connectivity index (χ1n) is 4.78. The first kappa shape index (κ1) is 13.3. The Bertz CT molecular complexity index is 430. The second-order valence-corrected chi connectivity index (χ2v) is 3.44. The highest BCUT2D eigenvalue weighted by molar-refractivity contribution is 5.89. The summed E-state index contributed by atoms with van der Waals surface area (Å²) >= 11 is 0. The minimum absolute atomic E-state index is 0.300. The van der Waals surface area contributed by atoms with Crippen molar-refractivity contribution in [3.63, 3.8) is 0 Å². The lowest BCUT2D eigenvalue weighted by molar-refractivity contribution is -0.0903. The molecule has 17 heavy (non-hydrogen) atoms. The van der Waals surface area contributed by atoms with Gasteiger partial charge in [0.05, 0.1) is 12.7 Å². The summed E-state index contributed by atoms with van der Waals surface area (Å²) in [5, 5.41) is 0. The molecule has 0 aliphatic rings. The fourth-order valence-corrected chi connectivity index (χ4v) is 1.17. The summed E-state index contributed by atoms with van der Waals surface area (Å²) in [6.45, 7) is 0.994. The molecule has 1 aromatic carbocycles. The summed E-state index contributed by atoms with van der Waals surface area (Å²) < 4.78 is 41.2. The van der Waals surface area contributed by atoms with Gasteiger partial charge in [-0.3, -0.25) is 0 Å². The Kier molecular flexibility index (Phi) is 3.93. The SMILES string of the molecule is COC(=O)c1ccc(C=C(C)C(F)(F)F)cc1. The van der Waals surface area contributed by atoms with Crippen molar-refractivity contribution in [3.05, 3.63) is 41.0 Å². The first-order valence-corrected chi connectivity index (χ1v) is 4.78. The van der Waals surface area contributed by atoms with Gasteiger partial charge in [-0.15, -0.1) is 0 Å². The van der Waals surface area contributed by atoms with E-state index < -0.39 is 17.7 Å². The van der Waals surface area contributed by atoms with Crippen LogP contribution in [0.1, 0.15) is 22.8 Å². The number of methoxy groups -OCH3 is 1. The van der Waals surface area contributed by atoms with Crippen molar-refractivity contribution < 1.29 is 22.7 Å². The van der Waals surface area contributed by atoms with E-state index in [1.807, 2.05) is 0 Å². The van der Waals surface area contributed by atoms with Crippen molar-refractivity contribution in [2.45, 2.75) is 13.1 Å². The smallest absolute Gasteiger partial charge is 0.412 e. The number of hydrogen-bond acceptors (Lipinski definition) is 2. The topological polar surface area (TPSA) is 26.3 Å². The molecule has 0 amide bonds. The minimum atomic E-state index is -4.33. The van der Waals surface area contributed by atoms with Crippen molar-refractivity contribution in [2.24, 2.45) is 0 Å². The van der Waals surface area contributed by atoms with E-state index in [-0.39, 0.29) is 0 Å². The highest BCUT2D eigenvalue weighted by Gasteiger charge is 2.29. The molecule has 0 radical (unpaired) electrons. The molecular weight excluding hydrogens is 233 g/mol. The number of carbonyl (C=O) groups excluding carboxylic acids is 1. The molecule has 0 fully saturated rings. The molecule has 0 unspecified atom stereocenters. The summed E-state index contributed by atoms with van der Waals surface area (Å²) in [5.74, 6) is -0.520. The molecule has 0 heterocycles. The number of alkyl halides is 3. The van der Waals surface area contributed by atoms with E-state index >= 15 is 0 Å². The van der Waals surface area contributed by atoms with Gasteiger partial charge in [0.25, 0.3) is 0 Å². The Labute approximate surface area is 96.7 Å². The quantitative estimate of drug-likeness (QED) is 0.745. The van der Waals surface area contributed by atoms with Crippen LogP contribution in [-0.2, 0) is 4.74 Å². The van der Waals surface area contributed by atoms with Gasteiger partial charge in [-0.05, 0) is 30.7 Å². The van der Waals surface area contributed by atoms with Crippen molar-refractivity contribution in [1.29, 1.82) is 0 Å². The Hall–Kier alpha value is -1.78. The molecule has 2 nitrogen and oxygen atoms in total. The monoisotopic (exact) mass is 244 g/mol. The van der Waals surface area contributed by atoms with Crippen LogP contribution in [0.2, 0.25) is 0 Å². The van der Waals surface area contributed by atoms with Gasteiger partial charge in [-0.2, -0.15) is 13.2 Å². The van der Waals surface area contributed by atoms with E-state index in [2.05, 4.69) is 4.74 Å². The number of ether oxygens (including phenoxy) is 1. The molecule has 0 aromatic heterocycles. The van der Waals surface area contributed by atoms with Crippen LogP contribution in [0.25, 0.3) is 6.08 Å². The van der Waals surface area contributed by atoms with Crippen molar-refractivity contribution in [2.75, 3.05) is 7.11 Å². The molecule has 1 aromatic rings. The third-order valence-electron chi connectivity index (χ3n) is 2.16. The summed E-state index contributed by atoms with van der Waals surface area (Å²) in [6, 6.07) is 5.70. The van der Waals surface area contributed by atoms with E-state index in [0.29, 0.717) is 11.1 Å². The molecule has 0 saturated heterocycles. The molecule has 1 rings (SSSR count). The van der Waals surface area contributed by atoms with Crippen molar-refractivity contribution >= 4 is 12.0 Å². The second-order valence-electron chi connectivity index (χ2n) is 3.44. The predicted octanol–water partition coefficient (Wildman–Crippen LogP) is 3.44. The Balaban J connectivity index is 2.93. The molecule has 0 aliphatic carbocycles. The van der Waals surface area contributed by atoms with E-state index in [1.54, 1.807) is 0 Å². The number of rotatable bonds is 2. The molecule has 0 aliphatic heterocycles. The molecular formula is C12H11F3O2. The molecule has 0 N–H and O–H groups in total. The van der Waals surface area contributed by atoms with E-state index in [0.717, 1.165) is 13.0 Å². The van der Waals surface area contributed by atoms with Crippen LogP contribution < -0.4 is 0 Å². The maximum atomic E-state index is 12.3. The number of allylic oxidation sites excluding steroid dienone is 1. The third kappa shape index (κ3) is 3.62. The van der Waals surface area contributed by atoms with Crippen molar-refractivity contribution in [3.8, 4) is 0 Å². The molecule has 0 atom stereocenters. The summed E-state index contributed by atoms with van der Waals surface area (Å²) in [4.78, 5) is 11.1. The number of esters is 1. The Morgan fingerprint density at radius 2 is 1.76 bits per heavy atom. The predicted molar refractivity (Wildman–Crippen MR) is 57.5 cm³/mol. The second kappa shape index (κ2) is 5.03. The van der Waals surface area contributed by atoms with E-state index in [1.165, 1.54) is 31.4 Å². The summed E-state index contributed by atoms with van der Waals surface area (Å²) in [7, 11) is 1.24. The fraction of sp³-hybridized carbons (Fsp3) is 0.250. The highest BCUT2D eigenvalue weighted by Crippen LogP contribution is 2.26. The lowest BCUT2D eigenvalue weighted by atomic mass is 10.1. The van der Waals surface area contributed by atoms with Crippen LogP contribution >= 0.6 is 0 Å². The van der Waals surface area contributed by atoms with Crippen LogP contribution in [0.5, 0.6) is 0 Å². The number of carbonyl (C=O) groups is 1. The zero-order chi connectivity index (χ0) is 13.1. The van der Waals surface area contributed by atoms with Crippen molar-refractivity contribution in [1.82, 2.24) is 0 Å². The van der Waals surface area contributed by atoms with Gasteiger partial charge in [-0.25, -0.2) is 4.79 Å². The minimum Gasteiger partial charge on any atom is -0.465 e. The normalized spacial score (nSPS) is 12.4. The maximum Gasteiger partial charge on any atom is 0.412 e. The largest absolute Gasteiger partial charge is 0.465 e. The molecule has 0 spiro atoms. The van der Waals surface area contributed by atoms with Gasteiger partial charge in [-0.1, -0.05) is 12.1 Å². The molecule has 0 saturated carbocycles. The van der Waals surface area contributed by atoms with Gasteiger partial charge < -0.3 is 4.74 Å². The van der Waals surface area contributed by atoms with Gasteiger partial charge in [0, 0.05) is 5.57 Å². The lowest BCUT2D eigenvalue weighted by Gasteiger charge is -2.06. The number of hydrogen-bond donors (Lipinski definition) is 0. The third-order valence-corrected chi connectivity index (χ3v) is 2.16. The van der Waals surface area contributed by atoms with E-state index in [9.17, 15) is 18.0 Å². The summed E-state index contributed by atoms with van der Waals surface area (Å²) in [6.07, 6.45) is -3.32. The molecule has 92 valence electrons. The van der Waals surface area contributed by atoms with Crippen LogP contribution in [0, 0.1) is 0 Å². The van der Waals surface area contributed by atoms with Crippen LogP contribution in [0.15, 0.2) is 29.8 Å². The molecule has 5 heteroatoms. The average Bonchev–Trinajstić information content (AvgIpc) is 2.27. The number of benzene rings is 1. The van der Waals surface area contributed by atoms with Crippen LogP contribution in [0.4, 0.5) is 13.2 Å². The maximum absolute atomic E-state index is 12.3. The zero-order valence-corrected chi connectivity index (χ0v) is 9.34. The Morgan fingerprint density at radius 1 is 1.24 bits per heavy atom. The number of halogens is 3. The first-order chi connectivity index (χ1) is 7.84.